The van der Waals surface area contributed by atoms with E-state index in [0.717, 1.165) is 6.42 Å². The Morgan fingerprint density at radius 3 is 2.58 bits per heavy atom. The van der Waals surface area contributed by atoms with E-state index in [0.29, 0.717) is 10.7 Å². The fourth-order valence-electron chi connectivity index (χ4n) is 6.44. The molecule has 4 rings (SSSR count). The number of carbonyl (C=O) groups excluding carboxylic acids is 3. The zero-order valence-corrected chi connectivity index (χ0v) is 22.8. The lowest BCUT2D eigenvalue weighted by Gasteiger charge is -2.42. The number of fused-ring (bicyclic) bond motifs is 1. The monoisotopic (exact) mass is 534 g/mol. The highest BCUT2D eigenvalue weighted by molar-refractivity contribution is 8.02. The van der Waals surface area contributed by atoms with Crippen molar-refractivity contribution in [1.29, 1.82) is 0 Å². The summed E-state index contributed by atoms with van der Waals surface area (Å²) in [6.45, 7) is 11.7. The van der Waals surface area contributed by atoms with Crippen molar-refractivity contribution < 1.29 is 24.2 Å². The van der Waals surface area contributed by atoms with E-state index in [2.05, 4.69) is 13.5 Å². The van der Waals surface area contributed by atoms with Gasteiger partial charge in [0, 0.05) is 22.5 Å². The van der Waals surface area contributed by atoms with Crippen LogP contribution in [0, 0.1) is 23.7 Å². The lowest BCUT2D eigenvalue weighted by molar-refractivity contribution is -0.154. The molecule has 2 amide bonds. The first-order chi connectivity index (χ1) is 17.1. The van der Waals surface area contributed by atoms with E-state index < -0.39 is 28.7 Å². The molecule has 2 bridgehead atoms. The highest BCUT2D eigenvalue weighted by Crippen LogP contribution is 2.69. The summed E-state index contributed by atoms with van der Waals surface area (Å²) in [5.74, 6) is -2.20. The number of aliphatic hydroxyl groups excluding tert-OH is 1. The van der Waals surface area contributed by atoms with Crippen molar-refractivity contribution in [2.75, 3.05) is 24.7 Å². The predicted octanol–water partition coefficient (Wildman–Crippen LogP) is 3.78. The van der Waals surface area contributed by atoms with Gasteiger partial charge in [-0.25, -0.2) is 0 Å². The summed E-state index contributed by atoms with van der Waals surface area (Å²) in [7, 11) is 0. The van der Waals surface area contributed by atoms with Gasteiger partial charge in [0.2, 0.25) is 5.91 Å². The van der Waals surface area contributed by atoms with E-state index in [1.807, 2.05) is 13.8 Å². The molecule has 196 valence electrons. The molecule has 36 heavy (non-hydrogen) atoms. The molecule has 3 unspecified atom stereocenters. The first-order valence-corrected chi connectivity index (χ1v) is 13.8. The number of benzene rings is 1. The molecule has 3 saturated heterocycles. The van der Waals surface area contributed by atoms with Crippen LogP contribution in [-0.2, 0) is 19.1 Å². The predicted molar refractivity (Wildman–Crippen MR) is 142 cm³/mol. The van der Waals surface area contributed by atoms with Crippen LogP contribution in [0.3, 0.4) is 0 Å². The highest BCUT2D eigenvalue weighted by atomic mass is 35.5. The van der Waals surface area contributed by atoms with E-state index in [1.165, 1.54) is 0 Å². The van der Waals surface area contributed by atoms with Crippen LogP contribution in [0.1, 0.15) is 34.1 Å². The molecule has 0 aliphatic carbocycles. The maximum absolute atomic E-state index is 14.5. The number of amides is 2. The topological polar surface area (TPSA) is 87.2 Å². The van der Waals surface area contributed by atoms with E-state index in [1.54, 1.807) is 58.8 Å². The average molecular weight is 535 g/mol. The molecule has 7 nitrogen and oxygen atoms in total. The zero-order valence-electron chi connectivity index (χ0n) is 21.2. The number of halogens is 1. The second kappa shape index (κ2) is 10.4. The molecule has 0 aromatic heterocycles. The molecule has 0 saturated carbocycles. The molecule has 0 radical (unpaired) electrons. The Morgan fingerprint density at radius 1 is 1.36 bits per heavy atom. The fraction of sp³-hybridized carbons (Fsp3) is 0.593. The second-order valence-electron chi connectivity index (χ2n) is 10.3. The average Bonchev–Trinajstić information content (AvgIpc) is 3.42. The molecule has 9 heteroatoms. The van der Waals surface area contributed by atoms with Gasteiger partial charge in [-0.05, 0) is 49.4 Å². The standard InChI is InChI=1S/C27H35ClN2O5S/c1-6-12-29(18-10-8-17(28)9-11-18)25(33)23-27-16(5)13-20(36-27)21(26(34)35-7-2)22(27)24(32)30(23)19(14-31)15(3)4/h6,8-11,15-16,19-23,31H,1,7,12-14H2,2-5H3/t16?,19-,20-,21+,22-,23?,27?/m0/s1. The summed E-state index contributed by atoms with van der Waals surface area (Å²) in [6, 6.07) is 5.59. The zero-order chi connectivity index (χ0) is 26.4. The lowest BCUT2D eigenvalue weighted by Crippen LogP contribution is -2.60. The molecule has 1 aromatic rings. The number of aliphatic hydroxyl groups is 1. The summed E-state index contributed by atoms with van der Waals surface area (Å²) in [5.41, 5.74) is 0.647. The van der Waals surface area contributed by atoms with E-state index in [9.17, 15) is 19.5 Å². The molecule has 7 atom stereocenters. The summed E-state index contributed by atoms with van der Waals surface area (Å²) in [5, 5.41) is 10.8. The number of ether oxygens (including phenoxy) is 1. The molecule has 3 aliphatic rings. The Kier molecular flexibility index (Phi) is 7.79. The maximum Gasteiger partial charge on any atom is 0.310 e. The minimum absolute atomic E-state index is 0.0216. The van der Waals surface area contributed by atoms with Crippen LogP contribution in [0.15, 0.2) is 36.9 Å². The Labute approximate surface area is 222 Å². The van der Waals surface area contributed by atoms with Crippen molar-refractivity contribution in [3.63, 3.8) is 0 Å². The Hall–Kier alpha value is -2.03. The van der Waals surface area contributed by atoms with Crippen molar-refractivity contribution >= 4 is 46.8 Å². The molecule has 3 fully saturated rings. The van der Waals surface area contributed by atoms with E-state index in [4.69, 9.17) is 16.3 Å². The number of hydrogen-bond acceptors (Lipinski definition) is 6. The summed E-state index contributed by atoms with van der Waals surface area (Å²) in [4.78, 5) is 45.1. The summed E-state index contributed by atoms with van der Waals surface area (Å²) >= 11 is 7.70. The Morgan fingerprint density at radius 2 is 2.03 bits per heavy atom. The molecule has 1 spiro atoms. The van der Waals surface area contributed by atoms with Gasteiger partial charge in [0.05, 0.1) is 35.8 Å². The lowest BCUT2D eigenvalue weighted by atomic mass is 9.66. The first kappa shape index (κ1) is 27.0. The fourth-order valence-corrected chi connectivity index (χ4v) is 8.96. The number of likely N-dealkylation sites (tertiary alicyclic amines) is 1. The summed E-state index contributed by atoms with van der Waals surface area (Å²) < 4.78 is 4.62. The van der Waals surface area contributed by atoms with Gasteiger partial charge in [0.1, 0.15) is 6.04 Å². The maximum atomic E-state index is 14.5. The number of hydrogen-bond donors (Lipinski definition) is 1. The Balaban J connectivity index is 1.86. The largest absolute Gasteiger partial charge is 0.466 e. The third kappa shape index (κ3) is 4.05. The highest BCUT2D eigenvalue weighted by Gasteiger charge is 2.77. The summed E-state index contributed by atoms with van der Waals surface area (Å²) in [6.07, 6.45) is 2.38. The third-order valence-electron chi connectivity index (χ3n) is 8.01. The van der Waals surface area contributed by atoms with Crippen LogP contribution in [0.5, 0.6) is 0 Å². The quantitative estimate of drug-likeness (QED) is 0.383. The molecular formula is C27H35ClN2O5S. The minimum Gasteiger partial charge on any atom is -0.466 e. The van der Waals surface area contributed by atoms with Crippen LogP contribution in [0.25, 0.3) is 0 Å². The molecular weight excluding hydrogens is 500 g/mol. The number of rotatable bonds is 9. The van der Waals surface area contributed by atoms with Gasteiger partial charge >= 0.3 is 5.97 Å². The van der Waals surface area contributed by atoms with Crippen molar-refractivity contribution in [1.82, 2.24) is 4.90 Å². The van der Waals surface area contributed by atoms with Crippen LogP contribution < -0.4 is 4.90 Å². The normalized spacial score (nSPS) is 31.5. The van der Waals surface area contributed by atoms with Crippen LogP contribution in [-0.4, -0.2) is 69.6 Å². The molecule has 3 aliphatic heterocycles. The molecule has 1 N–H and O–H groups in total. The molecule has 3 heterocycles. The second-order valence-corrected chi connectivity index (χ2v) is 12.2. The van der Waals surface area contributed by atoms with Crippen LogP contribution >= 0.6 is 23.4 Å². The number of nitrogens with zero attached hydrogens (tertiary/aromatic N) is 2. The molecule has 1 aromatic carbocycles. The van der Waals surface area contributed by atoms with Gasteiger partial charge in [0.15, 0.2) is 0 Å². The van der Waals surface area contributed by atoms with Crippen LogP contribution in [0.2, 0.25) is 5.02 Å². The number of thioether (sulfide) groups is 1. The van der Waals surface area contributed by atoms with Crippen molar-refractivity contribution in [3.05, 3.63) is 41.9 Å². The van der Waals surface area contributed by atoms with Gasteiger partial charge < -0.3 is 19.6 Å². The third-order valence-corrected chi connectivity index (χ3v) is 10.3. The van der Waals surface area contributed by atoms with Crippen molar-refractivity contribution in [3.8, 4) is 0 Å². The number of esters is 1. The van der Waals surface area contributed by atoms with Gasteiger partial charge in [-0.3, -0.25) is 14.4 Å². The van der Waals surface area contributed by atoms with Gasteiger partial charge in [0.25, 0.3) is 5.91 Å². The van der Waals surface area contributed by atoms with E-state index in [-0.39, 0.29) is 54.6 Å². The Bertz CT molecular complexity index is 1030. The van der Waals surface area contributed by atoms with Gasteiger partial charge in [-0.15, -0.1) is 18.3 Å². The van der Waals surface area contributed by atoms with Crippen LogP contribution in [0.4, 0.5) is 5.69 Å². The minimum atomic E-state index is -0.838. The SMILES string of the molecule is C=CCN(C(=O)C1N([C@@H](CO)C(C)C)C(=O)[C@@H]2[C@H](C(=O)OCC)[C@@H]3CC(C)C12S3)c1ccc(Cl)cc1. The van der Waals surface area contributed by atoms with Crippen molar-refractivity contribution in [2.24, 2.45) is 23.7 Å². The number of carbonyl (C=O) groups is 3. The van der Waals surface area contributed by atoms with Crippen molar-refractivity contribution in [2.45, 2.75) is 56.2 Å². The van der Waals surface area contributed by atoms with E-state index >= 15 is 0 Å². The number of anilines is 1. The van der Waals surface area contributed by atoms with Gasteiger partial charge in [-0.2, -0.15) is 0 Å². The smallest absolute Gasteiger partial charge is 0.310 e. The van der Waals surface area contributed by atoms with Gasteiger partial charge in [-0.1, -0.05) is 38.4 Å². The first-order valence-electron chi connectivity index (χ1n) is 12.6.